The van der Waals surface area contributed by atoms with Gasteiger partial charge in [0, 0.05) is 24.2 Å². The molecule has 1 aromatic carbocycles. The minimum absolute atomic E-state index is 0.147. The van der Waals surface area contributed by atoms with Crippen LogP contribution in [0.4, 0.5) is 4.39 Å². The van der Waals surface area contributed by atoms with E-state index in [0.29, 0.717) is 11.3 Å². The summed E-state index contributed by atoms with van der Waals surface area (Å²) in [6, 6.07) is 7.32. The molecule has 1 atom stereocenters. The van der Waals surface area contributed by atoms with Gasteiger partial charge in [-0.15, -0.1) is 0 Å². The number of aromatic nitrogens is 1. The topological polar surface area (TPSA) is 8.17 Å². The Labute approximate surface area is 142 Å². The SMILES string of the molecule is C=C1C=C(C(C)CCC)C=C2c3cc4c(F)cccc4n3CCN12. The maximum Gasteiger partial charge on any atom is 0.132 e. The molecule has 3 heterocycles. The highest BCUT2D eigenvalue weighted by atomic mass is 19.1. The van der Waals surface area contributed by atoms with Crippen LogP contribution in [-0.2, 0) is 6.54 Å². The number of benzene rings is 1. The molecule has 24 heavy (non-hydrogen) atoms. The summed E-state index contributed by atoms with van der Waals surface area (Å²) in [7, 11) is 0. The monoisotopic (exact) mass is 322 g/mol. The average molecular weight is 322 g/mol. The van der Waals surface area contributed by atoms with Crippen molar-refractivity contribution >= 4 is 16.6 Å². The van der Waals surface area contributed by atoms with Crippen LogP contribution in [0.2, 0.25) is 0 Å². The summed E-state index contributed by atoms with van der Waals surface area (Å²) in [6.07, 6.45) is 6.82. The molecule has 0 saturated heterocycles. The van der Waals surface area contributed by atoms with Crippen LogP contribution in [0.5, 0.6) is 0 Å². The van der Waals surface area contributed by atoms with Gasteiger partial charge < -0.3 is 9.47 Å². The summed E-state index contributed by atoms with van der Waals surface area (Å²) >= 11 is 0. The van der Waals surface area contributed by atoms with E-state index in [9.17, 15) is 4.39 Å². The number of rotatable bonds is 3. The molecule has 2 aromatic rings. The quantitative estimate of drug-likeness (QED) is 0.742. The predicted molar refractivity (Wildman–Crippen MR) is 97.9 cm³/mol. The van der Waals surface area contributed by atoms with E-state index in [4.69, 9.17) is 0 Å². The molecule has 2 nitrogen and oxygen atoms in total. The Morgan fingerprint density at radius 1 is 1.25 bits per heavy atom. The maximum atomic E-state index is 14.2. The third kappa shape index (κ3) is 2.22. The molecule has 0 aliphatic carbocycles. The van der Waals surface area contributed by atoms with Gasteiger partial charge in [0.05, 0.1) is 16.9 Å². The van der Waals surface area contributed by atoms with Crippen molar-refractivity contribution in [3.8, 4) is 0 Å². The Hall–Kier alpha value is -2.29. The van der Waals surface area contributed by atoms with Crippen molar-refractivity contribution in [1.82, 2.24) is 9.47 Å². The van der Waals surface area contributed by atoms with E-state index in [1.807, 2.05) is 12.1 Å². The smallest absolute Gasteiger partial charge is 0.132 e. The molecular formula is C21H23FN2. The fourth-order valence-corrected chi connectivity index (χ4v) is 3.96. The largest absolute Gasteiger partial charge is 0.339 e. The summed E-state index contributed by atoms with van der Waals surface area (Å²) in [5.74, 6) is 0.365. The van der Waals surface area contributed by atoms with Gasteiger partial charge in [0.15, 0.2) is 0 Å². The highest BCUT2D eigenvalue weighted by Crippen LogP contribution is 2.38. The minimum Gasteiger partial charge on any atom is -0.339 e. The first-order chi connectivity index (χ1) is 11.6. The standard InChI is InChI=1S/C21H23FN2/c1-4-6-14(2)16-11-15(3)23-9-10-24-19-8-5-7-18(22)17(19)13-21(24)20(23)12-16/h5,7-8,11-14H,3-4,6,9-10H2,1-2H3. The first kappa shape index (κ1) is 15.3. The van der Waals surface area contributed by atoms with Crippen molar-refractivity contribution in [2.75, 3.05) is 6.54 Å². The number of allylic oxidation sites excluding steroid dienone is 3. The van der Waals surface area contributed by atoms with E-state index >= 15 is 0 Å². The summed E-state index contributed by atoms with van der Waals surface area (Å²) in [4.78, 5) is 2.26. The van der Waals surface area contributed by atoms with Gasteiger partial charge in [0.1, 0.15) is 5.82 Å². The number of nitrogens with zero attached hydrogens (tertiary/aromatic N) is 2. The highest BCUT2D eigenvalue weighted by molar-refractivity contribution is 5.87. The van der Waals surface area contributed by atoms with E-state index in [0.717, 1.165) is 35.7 Å². The Morgan fingerprint density at radius 2 is 2.08 bits per heavy atom. The molecule has 0 spiro atoms. The number of hydrogen-bond donors (Lipinski definition) is 0. The van der Waals surface area contributed by atoms with E-state index in [2.05, 4.69) is 42.0 Å². The van der Waals surface area contributed by atoms with E-state index in [1.54, 1.807) is 6.07 Å². The molecule has 0 saturated carbocycles. The Balaban J connectivity index is 1.86. The van der Waals surface area contributed by atoms with Gasteiger partial charge >= 0.3 is 0 Å². The van der Waals surface area contributed by atoms with Crippen molar-refractivity contribution in [1.29, 1.82) is 0 Å². The van der Waals surface area contributed by atoms with Crippen LogP contribution in [0.3, 0.4) is 0 Å². The van der Waals surface area contributed by atoms with Crippen molar-refractivity contribution < 1.29 is 4.39 Å². The van der Waals surface area contributed by atoms with Crippen LogP contribution in [0.25, 0.3) is 16.6 Å². The average Bonchev–Trinajstić information content (AvgIpc) is 2.95. The lowest BCUT2D eigenvalue weighted by Crippen LogP contribution is -2.33. The van der Waals surface area contributed by atoms with Crippen molar-refractivity contribution in [2.24, 2.45) is 5.92 Å². The first-order valence-electron chi connectivity index (χ1n) is 8.78. The predicted octanol–water partition coefficient (Wildman–Crippen LogP) is 5.33. The number of fused-ring (bicyclic) bond motifs is 5. The van der Waals surface area contributed by atoms with Gasteiger partial charge in [0.25, 0.3) is 0 Å². The zero-order valence-electron chi connectivity index (χ0n) is 14.3. The lowest BCUT2D eigenvalue weighted by Gasteiger charge is -2.37. The van der Waals surface area contributed by atoms with Crippen LogP contribution >= 0.6 is 0 Å². The van der Waals surface area contributed by atoms with Crippen LogP contribution in [-0.4, -0.2) is 16.0 Å². The van der Waals surface area contributed by atoms with Gasteiger partial charge in [-0.2, -0.15) is 0 Å². The third-order valence-corrected chi connectivity index (χ3v) is 5.27. The van der Waals surface area contributed by atoms with Crippen molar-refractivity contribution in [3.05, 3.63) is 65.8 Å². The molecule has 4 rings (SSSR count). The minimum atomic E-state index is -0.147. The second-order valence-electron chi connectivity index (χ2n) is 6.86. The van der Waals surface area contributed by atoms with E-state index in [-0.39, 0.29) is 5.82 Å². The highest BCUT2D eigenvalue weighted by Gasteiger charge is 2.28. The number of halogens is 1. The lowest BCUT2D eigenvalue weighted by atomic mass is 9.91. The molecule has 0 bridgehead atoms. The van der Waals surface area contributed by atoms with Gasteiger partial charge in [-0.25, -0.2) is 4.39 Å². The molecule has 3 heteroatoms. The zero-order valence-corrected chi connectivity index (χ0v) is 14.3. The fraction of sp³-hybridized carbons (Fsp3) is 0.333. The van der Waals surface area contributed by atoms with Crippen LogP contribution in [0.1, 0.15) is 32.4 Å². The lowest BCUT2D eigenvalue weighted by molar-refractivity contribution is 0.427. The molecule has 1 unspecified atom stereocenters. The van der Waals surface area contributed by atoms with Gasteiger partial charge in [-0.3, -0.25) is 0 Å². The molecule has 0 radical (unpaired) electrons. The molecule has 2 aliphatic heterocycles. The summed E-state index contributed by atoms with van der Waals surface area (Å²) in [5.41, 5.74) is 5.60. The summed E-state index contributed by atoms with van der Waals surface area (Å²) in [5, 5.41) is 0.707. The molecule has 0 N–H and O–H groups in total. The first-order valence-corrected chi connectivity index (χ1v) is 8.78. The molecular weight excluding hydrogens is 299 g/mol. The van der Waals surface area contributed by atoms with Crippen LogP contribution < -0.4 is 0 Å². The second kappa shape index (κ2) is 5.66. The van der Waals surface area contributed by atoms with Crippen molar-refractivity contribution in [3.63, 3.8) is 0 Å². The Bertz CT molecular complexity index is 885. The van der Waals surface area contributed by atoms with Crippen LogP contribution in [0.15, 0.2) is 54.3 Å². The molecule has 124 valence electrons. The third-order valence-electron chi connectivity index (χ3n) is 5.27. The van der Waals surface area contributed by atoms with Gasteiger partial charge in [0.2, 0.25) is 0 Å². The zero-order chi connectivity index (χ0) is 16.8. The molecule has 2 aliphatic rings. The molecule has 0 fully saturated rings. The normalized spacial score (nSPS) is 18.1. The van der Waals surface area contributed by atoms with E-state index in [1.165, 1.54) is 24.5 Å². The van der Waals surface area contributed by atoms with Gasteiger partial charge in [-0.05, 0) is 48.3 Å². The maximum absolute atomic E-state index is 14.2. The van der Waals surface area contributed by atoms with E-state index < -0.39 is 0 Å². The second-order valence-corrected chi connectivity index (χ2v) is 6.86. The number of hydrogen-bond acceptors (Lipinski definition) is 1. The fourth-order valence-electron chi connectivity index (χ4n) is 3.96. The van der Waals surface area contributed by atoms with Crippen molar-refractivity contribution in [2.45, 2.75) is 33.2 Å². The Morgan fingerprint density at radius 3 is 2.88 bits per heavy atom. The molecule has 1 aromatic heterocycles. The van der Waals surface area contributed by atoms with Gasteiger partial charge in [-0.1, -0.05) is 32.9 Å². The van der Waals surface area contributed by atoms with Crippen LogP contribution in [0, 0.1) is 11.7 Å². The summed E-state index contributed by atoms with van der Waals surface area (Å²) < 4.78 is 16.4. The summed E-state index contributed by atoms with van der Waals surface area (Å²) in [6.45, 7) is 10.5. The molecule has 0 amide bonds. The Kier molecular flexibility index (Phi) is 3.60.